The Kier molecular flexibility index (Phi) is 7.39. The molecular weight excluding hydrogens is 438 g/mol. The van der Waals surface area contributed by atoms with Crippen LogP contribution in [0.4, 0.5) is 5.69 Å². The summed E-state index contributed by atoms with van der Waals surface area (Å²) >= 11 is 1.40. The number of hydrogen-bond acceptors (Lipinski definition) is 7. The number of carbonyl (C=O) groups excluding carboxylic acids is 1. The summed E-state index contributed by atoms with van der Waals surface area (Å²) in [5, 5.41) is 9.29. The number of anilines is 1. The van der Waals surface area contributed by atoms with Gasteiger partial charge < -0.3 is 23.5 Å². The maximum absolute atomic E-state index is 13.3. The van der Waals surface area contributed by atoms with Gasteiger partial charge in [0, 0.05) is 46.5 Å². The maximum Gasteiger partial charge on any atom is 0.233 e. The van der Waals surface area contributed by atoms with Crippen molar-refractivity contribution >= 4 is 23.4 Å². The highest BCUT2D eigenvalue weighted by Crippen LogP contribution is 2.26. The predicted molar refractivity (Wildman–Crippen MR) is 129 cm³/mol. The van der Waals surface area contributed by atoms with Gasteiger partial charge in [0.25, 0.3) is 0 Å². The fourth-order valence-electron chi connectivity index (χ4n) is 3.92. The van der Waals surface area contributed by atoms with Gasteiger partial charge in [0.1, 0.15) is 5.76 Å². The third kappa shape index (κ3) is 5.59. The zero-order valence-electron chi connectivity index (χ0n) is 19.7. The van der Waals surface area contributed by atoms with Crippen LogP contribution >= 0.6 is 11.8 Å². The van der Waals surface area contributed by atoms with E-state index in [9.17, 15) is 4.79 Å². The first-order chi connectivity index (χ1) is 15.9. The summed E-state index contributed by atoms with van der Waals surface area (Å²) in [6, 6.07) is 10.2. The third-order valence-electron chi connectivity index (χ3n) is 5.89. The first-order valence-electron chi connectivity index (χ1n) is 11.1. The van der Waals surface area contributed by atoms with Crippen molar-refractivity contribution in [2.75, 3.05) is 37.9 Å². The van der Waals surface area contributed by atoms with E-state index in [1.54, 1.807) is 6.26 Å². The summed E-state index contributed by atoms with van der Waals surface area (Å²) in [6.07, 6.45) is 3.79. The van der Waals surface area contributed by atoms with Crippen molar-refractivity contribution in [3.8, 4) is 11.4 Å². The highest BCUT2D eigenvalue weighted by Gasteiger charge is 2.24. The molecule has 1 aliphatic heterocycles. The van der Waals surface area contributed by atoms with Crippen LogP contribution in [0.25, 0.3) is 11.4 Å². The van der Waals surface area contributed by atoms with Crippen molar-refractivity contribution in [2.24, 2.45) is 7.05 Å². The van der Waals surface area contributed by atoms with Gasteiger partial charge >= 0.3 is 0 Å². The smallest absolute Gasteiger partial charge is 0.233 e. The molecule has 4 rings (SSSR count). The molecular formula is C24H31N5O3S. The molecule has 1 amide bonds. The minimum absolute atomic E-state index is 0.0660. The summed E-state index contributed by atoms with van der Waals surface area (Å²) in [7, 11) is 5.95. The fraction of sp³-hybridized carbons (Fsp3) is 0.458. The number of nitrogens with zero attached hydrogens (tertiary/aromatic N) is 5. The van der Waals surface area contributed by atoms with E-state index in [4.69, 9.17) is 9.15 Å². The van der Waals surface area contributed by atoms with E-state index in [2.05, 4.69) is 39.4 Å². The molecule has 1 fully saturated rings. The molecule has 0 aliphatic carbocycles. The van der Waals surface area contributed by atoms with Crippen LogP contribution in [-0.2, 0) is 23.1 Å². The quantitative estimate of drug-likeness (QED) is 0.442. The third-order valence-corrected chi connectivity index (χ3v) is 6.89. The Bertz CT molecular complexity index is 1070. The molecule has 1 unspecified atom stereocenters. The Morgan fingerprint density at radius 3 is 2.64 bits per heavy atom. The lowest BCUT2D eigenvalue weighted by molar-refractivity contribution is -0.130. The number of amides is 1. The van der Waals surface area contributed by atoms with Gasteiger partial charge in [-0.05, 0) is 43.5 Å². The number of thioether (sulfide) groups is 1. The van der Waals surface area contributed by atoms with Gasteiger partial charge in [-0.3, -0.25) is 4.79 Å². The van der Waals surface area contributed by atoms with Crippen LogP contribution in [0.1, 0.15) is 24.2 Å². The molecule has 33 heavy (non-hydrogen) atoms. The van der Waals surface area contributed by atoms with Crippen LogP contribution in [-0.4, -0.2) is 64.7 Å². The van der Waals surface area contributed by atoms with Crippen molar-refractivity contribution in [1.82, 2.24) is 19.7 Å². The van der Waals surface area contributed by atoms with Gasteiger partial charge in [0.05, 0.1) is 23.7 Å². The van der Waals surface area contributed by atoms with Gasteiger partial charge in [0.2, 0.25) is 5.91 Å². The van der Waals surface area contributed by atoms with Crippen LogP contribution in [0.3, 0.4) is 0 Å². The molecule has 1 aliphatic rings. The van der Waals surface area contributed by atoms with Crippen LogP contribution < -0.4 is 4.90 Å². The van der Waals surface area contributed by atoms with Crippen molar-refractivity contribution in [1.29, 1.82) is 0 Å². The van der Waals surface area contributed by atoms with Crippen molar-refractivity contribution in [3.05, 3.63) is 47.9 Å². The number of ether oxygens (including phenoxy) is 1. The lowest BCUT2D eigenvalue weighted by atomic mass is 10.1. The molecule has 9 heteroatoms. The fourth-order valence-corrected chi connectivity index (χ4v) is 4.73. The molecule has 1 atom stereocenters. The second kappa shape index (κ2) is 10.4. The number of hydrogen-bond donors (Lipinski definition) is 0. The normalized spacial score (nSPS) is 15.7. The Balaban J connectivity index is 1.43. The van der Waals surface area contributed by atoms with Gasteiger partial charge in [0.15, 0.2) is 11.0 Å². The Labute approximate surface area is 198 Å². The molecule has 0 N–H and O–H groups in total. The first kappa shape index (κ1) is 23.4. The largest absolute Gasteiger partial charge is 0.469 e. The second-order valence-corrected chi connectivity index (χ2v) is 9.46. The van der Waals surface area contributed by atoms with E-state index in [0.29, 0.717) is 24.0 Å². The summed E-state index contributed by atoms with van der Waals surface area (Å²) in [4.78, 5) is 17.2. The van der Waals surface area contributed by atoms with Gasteiger partial charge in [-0.2, -0.15) is 0 Å². The number of aromatic nitrogens is 3. The van der Waals surface area contributed by atoms with E-state index >= 15 is 0 Å². The number of benzene rings is 1. The highest BCUT2D eigenvalue weighted by atomic mass is 32.2. The SMILES string of the molecule is Cc1occc1-c1nnc(SCC(=O)N(Cc2ccc(N(C)C)cc2)CC2CCCO2)n1C. The molecule has 0 bridgehead atoms. The van der Waals surface area contributed by atoms with Crippen LogP contribution in [0.5, 0.6) is 0 Å². The zero-order valence-corrected chi connectivity index (χ0v) is 20.5. The molecule has 176 valence electrons. The van der Waals surface area contributed by atoms with E-state index in [1.165, 1.54) is 11.8 Å². The highest BCUT2D eigenvalue weighted by molar-refractivity contribution is 7.99. The summed E-state index contributed by atoms with van der Waals surface area (Å²) in [6.45, 7) is 3.83. The summed E-state index contributed by atoms with van der Waals surface area (Å²) in [5.74, 6) is 1.88. The molecule has 3 aromatic rings. The van der Waals surface area contributed by atoms with Crippen LogP contribution in [0, 0.1) is 6.92 Å². The van der Waals surface area contributed by atoms with E-state index in [1.807, 2.05) is 43.6 Å². The monoisotopic (exact) mass is 469 g/mol. The van der Waals surface area contributed by atoms with E-state index < -0.39 is 0 Å². The molecule has 1 saturated heterocycles. The van der Waals surface area contributed by atoms with Crippen molar-refractivity contribution in [3.63, 3.8) is 0 Å². The maximum atomic E-state index is 13.3. The van der Waals surface area contributed by atoms with Crippen molar-refractivity contribution in [2.45, 2.75) is 37.6 Å². The predicted octanol–water partition coefficient (Wildman–Crippen LogP) is 3.75. The molecule has 1 aromatic carbocycles. The standard InChI is InChI=1S/C24H31N5O3S/c1-17-21(11-13-31-17)23-25-26-24(28(23)4)33-16-22(30)29(15-20-6-5-12-32-20)14-18-7-9-19(10-8-18)27(2)3/h7-11,13,20H,5-6,12,14-16H2,1-4H3. The topological polar surface area (TPSA) is 76.6 Å². The number of aryl methyl sites for hydroxylation is 1. The first-order valence-corrected chi connectivity index (χ1v) is 12.1. The molecule has 8 nitrogen and oxygen atoms in total. The minimum Gasteiger partial charge on any atom is -0.469 e. The average Bonchev–Trinajstić information content (AvgIpc) is 3.54. The molecule has 2 aromatic heterocycles. The van der Waals surface area contributed by atoms with Gasteiger partial charge in [-0.25, -0.2) is 0 Å². The van der Waals surface area contributed by atoms with Gasteiger partial charge in [-0.1, -0.05) is 23.9 Å². The number of rotatable bonds is 9. The van der Waals surface area contributed by atoms with Crippen LogP contribution in [0.15, 0.2) is 46.2 Å². The molecule has 0 radical (unpaired) electrons. The lowest BCUT2D eigenvalue weighted by Crippen LogP contribution is -2.38. The van der Waals surface area contributed by atoms with Crippen molar-refractivity contribution < 1.29 is 13.9 Å². The van der Waals surface area contributed by atoms with Crippen LogP contribution in [0.2, 0.25) is 0 Å². The van der Waals surface area contributed by atoms with Gasteiger partial charge in [-0.15, -0.1) is 10.2 Å². The minimum atomic E-state index is 0.0660. The lowest BCUT2D eigenvalue weighted by Gasteiger charge is -2.26. The Morgan fingerprint density at radius 1 is 1.21 bits per heavy atom. The summed E-state index contributed by atoms with van der Waals surface area (Å²) in [5.41, 5.74) is 3.15. The van der Waals surface area contributed by atoms with E-state index in [0.717, 1.165) is 47.8 Å². The zero-order chi connectivity index (χ0) is 23.4. The number of furan rings is 1. The molecule has 0 spiro atoms. The van der Waals surface area contributed by atoms with E-state index in [-0.39, 0.29) is 12.0 Å². The Morgan fingerprint density at radius 2 is 2.00 bits per heavy atom. The number of carbonyl (C=O) groups is 1. The molecule has 3 heterocycles. The summed E-state index contributed by atoms with van der Waals surface area (Å²) < 4.78 is 13.1. The molecule has 0 saturated carbocycles. The average molecular weight is 470 g/mol. The Hall–Kier alpha value is -2.78. The second-order valence-electron chi connectivity index (χ2n) is 8.51.